The van der Waals surface area contributed by atoms with Crippen molar-refractivity contribution in [3.8, 4) is 11.5 Å². The monoisotopic (exact) mass is 253 g/mol. The predicted molar refractivity (Wildman–Crippen MR) is 68.8 cm³/mol. The summed E-state index contributed by atoms with van der Waals surface area (Å²) in [5.74, 6) is 1.24. The lowest BCUT2D eigenvalue weighted by Crippen LogP contribution is -2.09. The van der Waals surface area contributed by atoms with Gasteiger partial charge in [-0.3, -0.25) is 0 Å². The van der Waals surface area contributed by atoms with E-state index in [9.17, 15) is 5.11 Å². The first-order valence-corrected chi connectivity index (χ1v) is 5.76. The number of rotatable bonds is 6. The van der Waals surface area contributed by atoms with Crippen LogP contribution in [-0.4, -0.2) is 35.8 Å². The Morgan fingerprint density at radius 2 is 2.17 bits per heavy atom. The molecule has 1 aromatic rings. The van der Waals surface area contributed by atoms with Gasteiger partial charge in [0.1, 0.15) is 11.5 Å². The first-order chi connectivity index (χ1) is 8.58. The third-order valence-electron chi connectivity index (χ3n) is 2.52. The van der Waals surface area contributed by atoms with Gasteiger partial charge in [-0.15, -0.1) is 0 Å². The molecule has 0 spiro atoms. The summed E-state index contributed by atoms with van der Waals surface area (Å²) in [5.41, 5.74) is 1.16. The minimum absolute atomic E-state index is 0.385. The van der Waals surface area contributed by atoms with E-state index in [2.05, 4.69) is 5.16 Å². The van der Waals surface area contributed by atoms with E-state index in [4.69, 9.17) is 14.7 Å². The summed E-state index contributed by atoms with van der Waals surface area (Å²) in [5, 5.41) is 21.2. The van der Waals surface area contributed by atoms with Crippen LogP contribution in [0.1, 0.15) is 25.8 Å². The van der Waals surface area contributed by atoms with Gasteiger partial charge in [-0.2, -0.15) is 0 Å². The number of ether oxygens (including phenoxy) is 2. The van der Waals surface area contributed by atoms with E-state index < -0.39 is 6.10 Å². The molecule has 2 N–H and O–H groups in total. The molecule has 0 bridgehead atoms. The third-order valence-corrected chi connectivity index (χ3v) is 2.52. The normalized spacial score (nSPS) is 13.2. The minimum Gasteiger partial charge on any atom is -0.497 e. The summed E-state index contributed by atoms with van der Waals surface area (Å²) < 4.78 is 10.7. The smallest absolute Gasteiger partial charge is 0.132 e. The highest BCUT2D eigenvalue weighted by molar-refractivity contribution is 6.00. The van der Waals surface area contributed by atoms with Crippen molar-refractivity contribution < 1.29 is 19.8 Å². The number of hydrogen-bond donors (Lipinski definition) is 2. The van der Waals surface area contributed by atoms with Crippen molar-refractivity contribution in [1.29, 1.82) is 0 Å². The fourth-order valence-electron chi connectivity index (χ4n) is 1.44. The minimum atomic E-state index is -0.410. The van der Waals surface area contributed by atoms with E-state index in [1.54, 1.807) is 39.2 Å². The summed E-state index contributed by atoms with van der Waals surface area (Å²) in [4.78, 5) is 0. The van der Waals surface area contributed by atoms with E-state index in [1.165, 1.54) is 0 Å². The van der Waals surface area contributed by atoms with Crippen LogP contribution in [0.2, 0.25) is 0 Å². The molecule has 1 atom stereocenters. The molecule has 0 aliphatic carbocycles. The summed E-state index contributed by atoms with van der Waals surface area (Å²) in [6, 6.07) is 5.27. The van der Waals surface area contributed by atoms with E-state index in [-0.39, 0.29) is 0 Å². The molecular formula is C13H19NO4. The molecule has 1 rings (SSSR count). The van der Waals surface area contributed by atoms with Crippen LogP contribution >= 0.6 is 0 Å². The Morgan fingerprint density at radius 3 is 2.72 bits per heavy atom. The molecule has 5 heteroatoms. The second kappa shape index (κ2) is 6.86. The van der Waals surface area contributed by atoms with E-state index in [0.29, 0.717) is 35.8 Å². The Morgan fingerprint density at radius 1 is 1.44 bits per heavy atom. The van der Waals surface area contributed by atoms with Crippen LogP contribution in [0.4, 0.5) is 0 Å². The number of nitrogens with zero attached hydrogens (tertiary/aromatic N) is 1. The van der Waals surface area contributed by atoms with Crippen LogP contribution in [0.3, 0.4) is 0 Å². The van der Waals surface area contributed by atoms with Crippen LogP contribution in [0, 0.1) is 0 Å². The molecule has 100 valence electrons. The van der Waals surface area contributed by atoms with Gasteiger partial charge in [-0.25, -0.2) is 0 Å². The van der Waals surface area contributed by atoms with Gasteiger partial charge in [0, 0.05) is 18.1 Å². The Labute approximate surface area is 107 Å². The van der Waals surface area contributed by atoms with Gasteiger partial charge in [0.2, 0.25) is 0 Å². The topological polar surface area (TPSA) is 71.3 Å². The number of benzene rings is 1. The maximum atomic E-state index is 9.19. The van der Waals surface area contributed by atoms with Crippen molar-refractivity contribution in [3.63, 3.8) is 0 Å². The zero-order valence-corrected chi connectivity index (χ0v) is 10.9. The molecule has 0 radical (unpaired) electrons. The molecule has 0 aromatic heterocycles. The fourth-order valence-corrected chi connectivity index (χ4v) is 1.44. The Kier molecular flexibility index (Phi) is 5.45. The SMILES string of the molecule is COc1ccc(/C(C)=N/O)c(OCCC(C)O)c1. The Balaban J connectivity index is 2.90. The Bertz CT molecular complexity index is 415. The Hall–Kier alpha value is -1.75. The van der Waals surface area contributed by atoms with Gasteiger partial charge in [0.25, 0.3) is 0 Å². The van der Waals surface area contributed by atoms with E-state index >= 15 is 0 Å². The number of aliphatic hydroxyl groups excluding tert-OH is 1. The fraction of sp³-hybridized carbons (Fsp3) is 0.462. The molecule has 0 fully saturated rings. The average Bonchev–Trinajstić information content (AvgIpc) is 2.37. The first kappa shape index (κ1) is 14.3. The van der Waals surface area contributed by atoms with Crippen molar-refractivity contribution in [3.05, 3.63) is 23.8 Å². The van der Waals surface area contributed by atoms with Gasteiger partial charge in [-0.1, -0.05) is 5.16 Å². The highest BCUT2D eigenvalue weighted by Crippen LogP contribution is 2.25. The maximum Gasteiger partial charge on any atom is 0.132 e. The standard InChI is InChI=1S/C13H19NO4/c1-9(15)6-7-18-13-8-11(17-3)4-5-12(13)10(2)14-16/h4-5,8-9,15-16H,6-7H2,1-3H3/b14-10+. The molecule has 0 heterocycles. The summed E-state index contributed by atoms with van der Waals surface area (Å²) in [6.07, 6.45) is 0.123. The van der Waals surface area contributed by atoms with Gasteiger partial charge < -0.3 is 19.8 Å². The van der Waals surface area contributed by atoms with Crippen LogP contribution in [-0.2, 0) is 0 Å². The van der Waals surface area contributed by atoms with E-state index in [0.717, 1.165) is 0 Å². The lowest BCUT2D eigenvalue weighted by molar-refractivity contribution is 0.155. The number of hydrogen-bond acceptors (Lipinski definition) is 5. The van der Waals surface area contributed by atoms with Gasteiger partial charge in [0.15, 0.2) is 0 Å². The molecule has 0 saturated carbocycles. The zero-order valence-electron chi connectivity index (χ0n) is 10.9. The van der Waals surface area contributed by atoms with Gasteiger partial charge in [-0.05, 0) is 26.0 Å². The molecule has 0 aliphatic heterocycles. The summed E-state index contributed by atoms with van der Waals surface area (Å²) in [7, 11) is 1.57. The quantitative estimate of drug-likeness (QED) is 0.462. The largest absolute Gasteiger partial charge is 0.497 e. The van der Waals surface area contributed by atoms with E-state index in [1.807, 2.05) is 0 Å². The first-order valence-electron chi connectivity index (χ1n) is 5.76. The van der Waals surface area contributed by atoms with Crippen LogP contribution in [0.5, 0.6) is 11.5 Å². The molecule has 1 aromatic carbocycles. The maximum absolute atomic E-state index is 9.19. The highest BCUT2D eigenvalue weighted by atomic mass is 16.5. The molecule has 5 nitrogen and oxygen atoms in total. The molecular weight excluding hydrogens is 234 g/mol. The van der Waals surface area contributed by atoms with Crippen molar-refractivity contribution in [2.75, 3.05) is 13.7 Å². The van der Waals surface area contributed by atoms with Crippen LogP contribution in [0.25, 0.3) is 0 Å². The molecule has 18 heavy (non-hydrogen) atoms. The molecule has 0 aliphatic rings. The van der Waals surface area contributed by atoms with Crippen LogP contribution < -0.4 is 9.47 Å². The second-order valence-electron chi connectivity index (χ2n) is 4.03. The van der Waals surface area contributed by atoms with Crippen LogP contribution in [0.15, 0.2) is 23.4 Å². The lowest BCUT2D eigenvalue weighted by atomic mass is 10.1. The van der Waals surface area contributed by atoms with Crippen molar-refractivity contribution in [1.82, 2.24) is 0 Å². The third kappa shape index (κ3) is 3.92. The summed E-state index contributed by atoms with van der Waals surface area (Å²) in [6.45, 7) is 3.77. The average molecular weight is 253 g/mol. The number of aliphatic hydroxyl groups is 1. The van der Waals surface area contributed by atoms with Crippen molar-refractivity contribution in [2.24, 2.45) is 5.16 Å². The predicted octanol–water partition coefficient (Wildman–Crippen LogP) is 2.04. The number of methoxy groups -OCH3 is 1. The molecule has 1 unspecified atom stereocenters. The van der Waals surface area contributed by atoms with Crippen molar-refractivity contribution >= 4 is 5.71 Å². The molecule has 0 saturated heterocycles. The zero-order chi connectivity index (χ0) is 13.5. The summed E-state index contributed by atoms with van der Waals surface area (Å²) >= 11 is 0. The number of oxime groups is 1. The van der Waals surface area contributed by atoms with Gasteiger partial charge in [0.05, 0.1) is 25.5 Å². The highest BCUT2D eigenvalue weighted by Gasteiger charge is 2.09. The van der Waals surface area contributed by atoms with Gasteiger partial charge >= 0.3 is 0 Å². The van der Waals surface area contributed by atoms with Crippen molar-refractivity contribution in [2.45, 2.75) is 26.4 Å². The molecule has 0 amide bonds. The lowest BCUT2D eigenvalue weighted by Gasteiger charge is -2.13. The second-order valence-corrected chi connectivity index (χ2v) is 4.03.